The Morgan fingerprint density at radius 1 is 1.16 bits per heavy atom. The highest BCUT2D eigenvalue weighted by Gasteiger charge is 2.51. The molecular weight excluding hydrogens is 408 g/mol. The van der Waals surface area contributed by atoms with Crippen LogP contribution >= 0.6 is 0 Å². The van der Waals surface area contributed by atoms with Crippen LogP contribution in [0.1, 0.15) is 63.4 Å². The van der Waals surface area contributed by atoms with Crippen LogP contribution in [0.2, 0.25) is 0 Å². The van der Waals surface area contributed by atoms with Crippen molar-refractivity contribution in [1.82, 2.24) is 10.2 Å². The quantitative estimate of drug-likeness (QED) is 0.587. The van der Waals surface area contributed by atoms with E-state index in [9.17, 15) is 19.8 Å². The van der Waals surface area contributed by atoms with E-state index < -0.39 is 24.2 Å². The molecule has 0 spiro atoms. The molecule has 1 heterocycles. The Morgan fingerprint density at radius 3 is 2.56 bits per heavy atom. The van der Waals surface area contributed by atoms with Crippen molar-refractivity contribution in [2.24, 2.45) is 0 Å². The van der Waals surface area contributed by atoms with Gasteiger partial charge in [-0.2, -0.15) is 0 Å². The zero-order chi connectivity index (χ0) is 22.7. The van der Waals surface area contributed by atoms with Crippen LogP contribution in [-0.2, 0) is 9.59 Å². The molecule has 7 nitrogen and oxygen atoms in total. The molecule has 0 saturated heterocycles. The molecule has 2 amide bonds. The zero-order valence-corrected chi connectivity index (χ0v) is 18.7. The zero-order valence-electron chi connectivity index (χ0n) is 18.7. The fraction of sp³-hybridized carbons (Fsp3) is 0.600. The topological polar surface area (TPSA) is 99.1 Å². The molecule has 3 N–H and O–H groups in total. The van der Waals surface area contributed by atoms with E-state index in [0.717, 1.165) is 44.1 Å². The summed E-state index contributed by atoms with van der Waals surface area (Å²) in [5, 5.41) is 23.4. The van der Waals surface area contributed by atoms with Crippen LogP contribution in [0.25, 0.3) is 0 Å². The Kier molecular flexibility index (Phi) is 7.16. The third-order valence-electron chi connectivity index (χ3n) is 7.01. The van der Waals surface area contributed by atoms with Crippen molar-refractivity contribution in [2.75, 3.05) is 13.2 Å². The van der Waals surface area contributed by atoms with Gasteiger partial charge >= 0.3 is 0 Å². The summed E-state index contributed by atoms with van der Waals surface area (Å²) in [5.41, 5.74) is 1.36. The molecule has 4 atom stereocenters. The summed E-state index contributed by atoms with van der Waals surface area (Å²) >= 11 is 0. The molecule has 0 aromatic heterocycles. The highest BCUT2D eigenvalue weighted by molar-refractivity contribution is 5.96. The second-order valence-corrected chi connectivity index (χ2v) is 8.98. The van der Waals surface area contributed by atoms with Gasteiger partial charge in [0, 0.05) is 30.1 Å². The van der Waals surface area contributed by atoms with Gasteiger partial charge in [-0.25, -0.2) is 0 Å². The van der Waals surface area contributed by atoms with E-state index >= 15 is 0 Å². The van der Waals surface area contributed by atoms with Crippen molar-refractivity contribution < 1.29 is 24.5 Å². The summed E-state index contributed by atoms with van der Waals surface area (Å²) in [5.74, 6) is -0.0629. The number of para-hydroxylation sites is 1. The van der Waals surface area contributed by atoms with Gasteiger partial charge in [-0.3, -0.25) is 9.59 Å². The van der Waals surface area contributed by atoms with Gasteiger partial charge in [-0.1, -0.05) is 50.8 Å². The maximum absolute atomic E-state index is 13.1. The summed E-state index contributed by atoms with van der Waals surface area (Å²) in [6, 6.07) is 6.94. The largest absolute Gasteiger partial charge is 0.486 e. The number of hydrogen-bond donors (Lipinski definition) is 3. The van der Waals surface area contributed by atoms with Gasteiger partial charge in [0.05, 0.1) is 18.6 Å². The average Bonchev–Trinajstić information content (AvgIpc) is 3.00. The van der Waals surface area contributed by atoms with Crippen molar-refractivity contribution in [3.63, 3.8) is 0 Å². The van der Waals surface area contributed by atoms with Crippen LogP contribution in [0.5, 0.6) is 5.75 Å². The molecule has 0 bridgehead atoms. The molecule has 4 rings (SSSR count). The lowest BCUT2D eigenvalue weighted by Gasteiger charge is -2.44. The number of ether oxygens (including phenoxy) is 1. The van der Waals surface area contributed by atoms with E-state index in [1.165, 1.54) is 0 Å². The summed E-state index contributed by atoms with van der Waals surface area (Å²) in [4.78, 5) is 28.1. The molecule has 174 valence electrons. The van der Waals surface area contributed by atoms with E-state index in [-0.39, 0.29) is 31.0 Å². The minimum atomic E-state index is -0.944. The first-order valence-corrected chi connectivity index (χ1v) is 11.9. The van der Waals surface area contributed by atoms with E-state index in [1.54, 1.807) is 6.08 Å². The maximum atomic E-state index is 13.1. The number of nitrogens with zero attached hydrogens (tertiary/aromatic N) is 1. The Bertz CT molecular complexity index is 862. The van der Waals surface area contributed by atoms with Crippen LogP contribution in [0, 0.1) is 0 Å². The first-order chi connectivity index (χ1) is 15.6. The van der Waals surface area contributed by atoms with Gasteiger partial charge in [-0.15, -0.1) is 0 Å². The number of benzene rings is 1. The predicted octanol–water partition coefficient (Wildman–Crippen LogP) is 2.27. The highest BCUT2D eigenvalue weighted by Crippen LogP contribution is 2.47. The molecule has 1 aliphatic heterocycles. The fourth-order valence-corrected chi connectivity index (χ4v) is 5.49. The van der Waals surface area contributed by atoms with Gasteiger partial charge in [0.2, 0.25) is 11.8 Å². The number of aliphatic hydroxyl groups is 2. The van der Waals surface area contributed by atoms with E-state index in [4.69, 9.17) is 4.74 Å². The Labute approximate surface area is 189 Å². The number of nitrogens with one attached hydrogen (secondary N) is 1. The minimum absolute atomic E-state index is 0.0127. The highest BCUT2D eigenvalue weighted by atomic mass is 16.5. The Balaban J connectivity index is 1.75. The number of aliphatic hydroxyl groups excluding tert-OH is 2. The van der Waals surface area contributed by atoms with Crippen LogP contribution in [-0.4, -0.2) is 64.4 Å². The molecule has 1 saturated carbocycles. The molecule has 3 aliphatic rings. The minimum Gasteiger partial charge on any atom is -0.486 e. The number of fused-ring (bicyclic) bond motifs is 3. The van der Waals surface area contributed by atoms with E-state index in [1.807, 2.05) is 36.1 Å². The lowest BCUT2D eigenvalue weighted by molar-refractivity contribution is -0.140. The SMILES string of the molecule is CCC(=O)N(C1CCCCCC1)[C@@H]1C=C(C(=O)NCCO)[C@@H]2c3ccccc3O[C@@H]2[C@H]1O. The lowest BCUT2D eigenvalue weighted by atomic mass is 9.77. The normalized spacial score (nSPS) is 27.4. The first-order valence-electron chi connectivity index (χ1n) is 11.9. The molecule has 1 aromatic rings. The summed E-state index contributed by atoms with van der Waals surface area (Å²) in [7, 11) is 0. The standard InChI is InChI=1S/C25H34N2O5/c1-2-21(29)27(16-9-5-3-4-6-10-16)19-15-18(25(31)26-13-14-28)22-17-11-7-8-12-20(17)32-24(22)23(19)30/h7-8,11-12,15-16,19,22-24,28,30H,2-6,9-10,13-14H2,1H3,(H,26,31)/t19-,22+,23+,24+/m1/s1. The second kappa shape index (κ2) is 10.0. The van der Waals surface area contributed by atoms with Crippen molar-refractivity contribution in [2.45, 2.75) is 82.1 Å². The van der Waals surface area contributed by atoms with Crippen LogP contribution in [0.3, 0.4) is 0 Å². The number of carbonyl (C=O) groups excluding carboxylic acids is 2. The third-order valence-corrected chi connectivity index (χ3v) is 7.01. The fourth-order valence-electron chi connectivity index (χ4n) is 5.49. The van der Waals surface area contributed by atoms with Crippen LogP contribution < -0.4 is 10.1 Å². The Hall–Kier alpha value is -2.38. The lowest BCUT2D eigenvalue weighted by Crippen LogP contribution is -2.58. The Morgan fingerprint density at radius 2 is 1.88 bits per heavy atom. The molecule has 7 heteroatoms. The van der Waals surface area contributed by atoms with Crippen molar-refractivity contribution in [3.05, 3.63) is 41.5 Å². The van der Waals surface area contributed by atoms with Crippen molar-refractivity contribution in [1.29, 1.82) is 0 Å². The molecule has 1 fully saturated rings. The number of amides is 2. The number of carbonyl (C=O) groups is 2. The maximum Gasteiger partial charge on any atom is 0.247 e. The summed E-state index contributed by atoms with van der Waals surface area (Å²) in [6.07, 6.45) is 6.78. The van der Waals surface area contributed by atoms with Crippen LogP contribution in [0.15, 0.2) is 35.9 Å². The van der Waals surface area contributed by atoms with E-state index in [0.29, 0.717) is 17.7 Å². The van der Waals surface area contributed by atoms with Gasteiger partial charge in [0.15, 0.2) is 0 Å². The van der Waals surface area contributed by atoms with E-state index in [2.05, 4.69) is 5.32 Å². The van der Waals surface area contributed by atoms with Crippen LogP contribution in [0.4, 0.5) is 0 Å². The molecule has 1 aromatic carbocycles. The molecule has 0 unspecified atom stereocenters. The van der Waals surface area contributed by atoms with Gasteiger partial charge in [0.25, 0.3) is 0 Å². The molecule has 2 aliphatic carbocycles. The van der Waals surface area contributed by atoms with Gasteiger partial charge < -0.3 is 25.2 Å². The van der Waals surface area contributed by atoms with Gasteiger partial charge in [0.1, 0.15) is 18.0 Å². The second-order valence-electron chi connectivity index (χ2n) is 8.98. The summed E-state index contributed by atoms with van der Waals surface area (Å²) < 4.78 is 6.16. The third kappa shape index (κ3) is 4.28. The summed E-state index contributed by atoms with van der Waals surface area (Å²) in [6.45, 7) is 1.82. The molecule has 32 heavy (non-hydrogen) atoms. The van der Waals surface area contributed by atoms with Crippen molar-refractivity contribution in [3.8, 4) is 5.75 Å². The predicted molar refractivity (Wildman–Crippen MR) is 120 cm³/mol. The number of rotatable bonds is 6. The molecule has 0 radical (unpaired) electrons. The van der Waals surface area contributed by atoms with Gasteiger partial charge in [-0.05, 0) is 25.0 Å². The monoisotopic (exact) mass is 442 g/mol. The smallest absolute Gasteiger partial charge is 0.247 e. The van der Waals surface area contributed by atoms with Crippen molar-refractivity contribution >= 4 is 11.8 Å². The number of hydrogen-bond acceptors (Lipinski definition) is 5. The first kappa shape index (κ1) is 22.8. The average molecular weight is 443 g/mol. The molecular formula is C25H34N2O5.